The van der Waals surface area contributed by atoms with Crippen molar-refractivity contribution >= 4 is 40.0 Å². The van der Waals surface area contributed by atoms with E-state index in [1.165, 1.54) is 23.1 Å². The van der Waals surface area contributed by atoms with E-state index in [4.69, 9.17) is 10.1 Å². The van der Waals surface area contributed by atoms with Gasteiger partial charge in [-0.2, -0.15) is 0 Å². The Morgan fingerprint density at radius 3 is 2.71 bits per heavy atom. The van der Waals surface area contributed by atoms with Gasteiger partial charge in [0.1, 0.15) is 16.7 Å². The SMILES string of the molecule is CC(C)COc1ccc(/C=C2\SC(=N)[C@@H](c3nccs3)C2=O)cc1. The smallest absolute Gasteiger partial charge is 0.186 e. The van der Waals surface area contributed by atoms with Gasteiger partial charge < -0.3 is 4.74 Å². The lowest BCUT2D eigenvalue weighted by molar-refractivity contribution is -0.114. The highest BCUT2D eigenvalue weighted by Crippen LogP contribution is 2.41. The highest BCUT2D eigenvalue weighted by molar-refractivity contribution is 8.19. The van der Waals surface area contributed by atoms with Crippen molar-refractivity contribution in [1.29, 1.82) is 5.41 Å². The molecule has 0 unspecified atom stereocenters. The summed E-state index contributed by atoms with van der Waals surface area (Å²) in [6.07, 6.45) is 3.50. The van der Waals surface area contributed by atoms with Crippen molar-refractivity contribution in [2.24, 2.45) is 5.92 Å². The number of benzene rings is 1. The van der Waals surface area contributed by atoms with Gasteiger partial charge in [0.05, 0.1) is 16.6 Å². The zero-order valence-electron chi connectivity index (χ0n) is 13.5. The molecular formula is C18H18N2O2S2. The Balaban J connectivity index is 1.74. The number of hydrogen-bond donors (Lipinski definition) is 1. The summed E-state index contributed by atoms with van der Waals surface area (Å²) in [6, 6.07) is 7.67. The molecule has 2 heterocycles. The lowest BCUT2D eigenvalue weighted by Crippen LogP contribution is -2.11. The van der Waals surface area contributed by atoms with Crippen molar-refractivity contribution in [3.05, 3.63) is 51.3 Å². The number of nitrogens with one attached hydrogen (secondary N) is 1. The molecule has 1 fully saturated rings. The number of hydrogen-bond acceptors (Lipinski definition) is 6. The molecule has 1 N–H and O–H groups in total. The molecule has 24 heavy (non-hydrogen) atoms. The minimum absolute atomic E-state index is 0.0416. The highest BCUT2D eigenvalue weighted by atomic mass is 32.2. The van der Waals surface area contributed by atoms with Crippen LogP contribution in [0.5, 0.6) is 5.75 Å². The van der Waals surface area contributed by atoms with Crippen molar-refractivity contribution in [3.8, 4) is 5.75 Å². The van der Waals surface area contributed by atoms with Crippen molar-refractivity contribution in [2.45, 2.75) is 19.8 Å². The van der Waals surface area contributed by atoms with Gasteiger partial charge in [0.15, 0.2) is 5.78 Å². The lowest BCUT2D eigenvalue weighted by atomic mass is 10.1. The van der Waals surface area contributed by atoms with Gasteiger partial charge in [0, 0.05) is 11.6 Å². The fourth-order valence-corrected chi connectivity index (χ4v) is 4.07. The highest BCUT2D eigenvalue weighted by Gasteiger charge is 2.38. The summed E-state index contributed by atoms with van der Waals surface area (Å²) in [5.41, 5.74) is 0.926. The number of ether oxygens (including phenoxy) is 1. The third kappa shape index (κ3) is 3.76. The van der Waals surface area contributed by atoms with E-state index in [0.29, 0.717) is 27.5 Å². The molecule has 1 aromatic carbocycles. The second-order valence-corrected chi connectivity index (χ2v) is 7.93. The van der Waals surface area contributed by atoms with E-state index in [9.17, 15) is 4.79 Å². The standard InChI is InChI=1S/C18H18N2O2S2/c1-11(2)10-22-13-5-3-12(4-6-13)9-14-16(21)15(17(19)24-14)18-20-7-8-23-18/h3-9,11,15,19H,10H2,1-2H3/b14-9-,19-17?/t15-/m0/s1. The molecule has 6 heteroatoms. The molecule has 0 saturated carbocycles. The van der Waals surface area contributed by atoms with Crippen molar-refractivity contribution in [1.82, 2.24) is 4.98 Å². The maximum absolute atomic E-state index is 12.6. The Bertz CT molecular complexity index is 765. The molecule has 1 atom stereocenters. The quantitative estimate of drug-likeness (QED) is 0.794. The number of Topliss-reactive ketones (excluding diaryl/α,β-unsaturated/α-hetero) is 1. The van der Waals surface area contributed by atoms with E-state index in [2.05, 4.69) is 18.8 Å². The van der Waals surface area contributed by atoms with E-state index < -0.39 is 5.92 Å². The number of thioether (sulfide) groups is 1. The lowest BCUT2D eigenvalue weighted by Gasteiger charge is -2.08. The van der Waals surface area contributed by atoms with E-state index in [-0.39, 0.29) is 5.78 Å². The van der Waals surface area contributed by atoms with Crippen LogP contribution < -0.4 is 4.74 Å². The van der Waals surface area contributed by atoms with Crippen LogP contribution in [0.1, 0.15) is 30.3 Å². The Kier molecular flexibility index (Phi) is 5.16. The summed E-state index contributed by atoms with van der Waals surface area (Å²) in [5.74, 6) is 0.729. The Morgan fingerprint density at radius 2 is 2.08 bits per heavy atom. The Hall–Kier alpha value is -1.92. The largest absolute Gasteiger partial charge is 0.493 e. The summed E-state index contributed by atoms with van der Waals surface area (Å²) >= 11 is 2.64. The number of rotatable bonds is 5. The maximum atomic E-state index is 12.6. The molecule has 1 aromatic heterocycles. The third-order valence-electron chi connectivity index (χ3n) is 3.45. The van der Waals surface area contributed by atoms with Crippen LogP contribution in [-0.2, 0) is 4.79 Å². The summed E-state index contributed by atoms with van der Waals surface area (Å²) in [6.45, 7) is 4.90. The monoisotopic (exact) mass is 358 g/mol. The first-order valence-electron chi connectivity index (χ1n) is 7.69. The average Bonchev–Trinajstić information content (AvgIpc) is 3.15. The van der Waals surface area contributed by atoms with Gasteiger partial charge in [-0.1, -0.05) is 37.7 Å². The van der Waals surface area contributed by atoms with Crippen molar-refractivity contribution in [3.63, 3.8) is 0 Å². The van der Waals surface area contributed by atoms with Crippen LogP contribution in [-0.4, -0.2) is 22.4 Å². The average molecular weight is 358 g/mol. The minimum atomic E-state index is -0.533. The molecule has 1 saturated heterocycles. The van der Waals surface area contributed by atoms with Crippen LogP contribution in [0.4, 0.5) is 0 Å². The maximum Gasteiger partial charge on any atom is 0.186 e. The zero-order chi connectivity index (χ0) is 17.1. The molecule has 124 valence electrons. The number of aromatic nitrogens is 1. The van der Waals surface area contributed by atoms with Crippen LogP contribution in [0, 0.1) is 11.3 Å². The number of thiazole rings is 1. The van der Waals surface area contributed by atoms with Crippen molar-refractivity contribution in [2.75, 3.05) is 6.61 Å². The number of nitrogens with zero attached hydrogens (tertiary/aromatic N) is 1. The number of allylic oxidation sites excluding steroid dienone is 1. The summed E-state index contributed by atoms with van der Waals surface area (Å²) in [7, 11) is 0. The molecule has 2 aromatic rings. The summed E-state index contributed by atoms with van der Waals surface area (Å²) < 4.78 is 5.66. The van der Waals surface area contributed by atoms with Crippen molar-refractivity contribution < 1.29 is 9.53 Å². The summed E-state index contributed by atoms with van der Waals surface area (Å²) in [5, 5.41) is 11.0. The molecular weight excluding hydrogens is 340 g/mol. The first-order valence-corrected chi connectivity index (χ1v) is 9.38. The molecule has 0 amide bonds. The Morgan fingerprint density at radius 1 is 1.33 bits per heavy atom. The second kappa shape index (κ2) is 7.32. The normalized spacial score (nSPS) is 19.5. The van der Waals surface area contributed by atoms with Crippen LogP contribution in [0.3, 0.4) is 0 Å². The first kappa shape index (κ1) is 16.9. The molecule has 3 rings (SSSR count). The molecule has 0 bridgehead atoms. The summed E-state index contributed by atoms with van der Waals surface area (Å²) in [4.78, 5) is 17.4. The van der Waals surface area contributed by atoms with Crippen LogP contribution in [0.25, 0.3) is 6.08 Å². The topological polar surface area (TPSA) is 63.0 Å². The molecule has 1 aliphatic heterocycles. The van der Waals surface area contributed by atoms with Gasteiger partial charge in [0.25, 0.3) is 0 Å². The third-order valence-corrected chi connectivity index (χ3v) is 5.28. The van der Waals surface area contributed by atoms with E-state index in [1.54, 1.807) is 6.20 Å². The first-order chi connectivity index (χ1) is 11.5. The Labute approximate surface area is 149 Å². The van der Waals surface area contributed by atoms with Gasteiger partial charge in [-0.05, 0) is 29.7 Å². The fraction of sp³-hybridized carbons (Fsp3) is 0.278. The number of ketones is 1. The van der Waals surface area contributed by atoms with Crippen LogP contribution in [0.15, 0.2) is 40.7 Å². The van der Waals surface area contributed by atoms with Gasteiger partial charge in [-0.25, -0.2) is 4.98 Å². The van der Waals surface area contributed by atoms with Crippen LogP contribution in [0.2, 0.25) is 0 Å². The fourth-order valence-electron chi connectivity index (χ4n) is 2.27. The molecule has 0 spiro atoms. The van der Waals surface area contributed by atoms with E-state index >= 15 is 0 Å². The molecule has 0 aliphatic carbocycles. The number of carbonyl (C=O) groups is 1. The predicted molar refractivity (Wildman–Crippen MR) is 99.9 cm³/mol. The minimum Gasteiger partial charge on any atom is -0.493 e. The zero-order valence-corrected chi connectivity index (χ0v) is 15.1. The second-order valence-electron chi connectivity index (χ2n) is 5.92. The predicted octanol–water partition coefficient (Wildman–Crippen LogP) is 4.60. The van der Waals surface area contributed by atoms with E-state index in [0.717, 1.165) is 11.3 Å². The van der Waals surface area contributed by atoms with Gasteiger partial charge in [0.2, 0.25) is 0 Å². The van der Waals surface area contributed by atoms with Gasteiger partial charge in [-0.15, -0.1) is 11.3 Å². The molecule has 0 radical (unpaired) electrons. The van der Waals surface area contributed by atoms with Gasteiger partial charge in [-0.3, -0.25) is 10.2 Å². The molecule has 1 aliphatic rings. The number of carbonyl (C=O) groups excluding carboxylic acids is 1. The van der Waals surface area contributed by atoms with E-state index in [1.807, 2.05) is 35.7 Å². The van der Waals surface area contributed by atoms with Gasteiger partial charge >= 0.3 is 0 Å². The molecule has 4 nitrogen and oxygen atoms in total. The van der Waals surface area contributed by atoms with Crippen LogP contribution >= 0.6 is 23.1 Å².